The number of nitrogens with zero attached hydrogens (tertiary/aromatic N) is 4. The van der Waals surface area contributed by atoms with Crippen molar-refractivity contribution in [3.63, 3.8) is 0 Å². The minimum atomic E-state index is -0.883. The average Bonchev–Trinajstić information content (AvgIpc) is 2.97. The van der Waals surface area contributed by atoms with Crippen LogP contribution in [0.5, 0.6) is 0 Å². The topological polar surface area (TPSA) is 68.2 Å². The first-order valence-electron chi connectivity index (χ1n) is 11.2. The summed E-state index contributed by atoms with van der Waals surface area (Å²) in [5.41, 5.74) is 0. The van der Waals surface area contributed by atoms with Crippen molar-refractivity contribution in [3.8, 4) is 0 Å². The molecule has 1 unspecified atom stereocenters. The highest BCUT2D eigenvalue weighted by atomic mass is 32.2. The second kappa shape index (κ2) is 11.9. The lowest BCUT2D eigenvalue weighted by Crippen LogP contribution is -2.54. The number of hydrogen-bond acceptors (Lipinski definition) is 4. The molecule has 0 aromatic rings. The third-order valence-corrected chi connectivity index (χ3v) is 7.47. The fourth-order valence-electron chi connectivity index (χ4n) is 3.70. The van der Waals surface area contributed by atoms with E-state index in [-0.39, 0.29) is 10.7 Å². The van der Waals surface area contributed by atoms with Gasteiger partial charge in [0.05, 0.1) is 13.1 Å². The van der Waals surface area contributed by atoms with Gasteiger partial charge in [0.2, 0.25) is 5.91 Å². The monoisotopic (exact) mass is 427 g/mol. The Morgan fingerprint density at radius 3 is 2.14 bits per heavy atom. The van der Waals surface area contributed by atoms with Crippen LogP contribution in [-0.2, 0) is 15.6 Å². The number of carbonyl (C=O) groups excluding carboxylic acids is 1. The van der Waals surface area contributed by atoms with E-state index >= 15 is 0 Å². The van der Waals surface area contributed by atoms with Gasteiger partial charge in [-0.3, -0.25) is 18.9 Å². The van der Waals surface area contributed by atoms with Gasteiger partial charge in [0, 0.05) is 67.1 Å². The predicted molar refractivity (Wildman–Crippen MR) is 122 cm³/mol. The molecule has 2 fully saturated rings. The zero-order chi connectivity index (χ0) is 21.3. The average molecular weight is 428 g/mol. The van der Waals surface area contributed by atoms with Crippen LogP contribution < -0.4 is 5.32 Å². The molecule has 2 heterocycles. The Labute approximate surface area is 179 Å². The molecule has 1 atom stereocenters. The second-order valence-electron chi connectivity index (χ2n) is 8.96. The Bertz CT molecular complexity index is 560. The van der Waals surface area contributed by atoms with Crippen LogP contribution in [0.3, 0.4) is 0 Å². The Kier molecular flexibility index (Phi) is 9.89. The number of piperazine rings is 1. The highest BCUT2D eigenvalue weighted by Crippen LogP contribution is 2.12. The standard InChI is InChI=1S/C21H41N5O2S/c1-5-22-20(23-10-17-29(28)21(2,3)4)26-15-13-24(14-16-26)18-19(27)25-11-8-6-7-9-12-25/h5-18H2,1-4H3,(H,22,23). The van der Waals surface area contributed by atoms with Crippen LogP contribution in [-0.4, -0.2) is 100 Å². The molecule has 0 saturated carbocycles. The first kappa shape index (κ1) is 24.1. The molecule has 1 N–H and O–H groups in total. The second-order valence-corrected chi connectivity index (χ2v) is 11.3. The molecule has 2 aliphatic heterocycles. The van der Waals surface area contributed by atoms with E-state index in [1.807, 2.05) is 20.8 Å². The van der Waals surface area contributed by atoms with Crippen molar-refractivity contribution in [2.75, 3.05) is 64.7 Å². The predicted octanol–water partition coefficient (Wildman–Crippen LogP) is 1.52. The molecule has 29 heavy (non-hydrogen) atoms. The molecule has 2 saturated heterocycles. The molecule has 168 valence electrons. The Balaban J connectivity index is 1.80. The van der Waals surface area contributed by atoms with E-state index in [1.165, 1.54) is 12.8 Å². The van der Waals surface area contributed by atoms with Crippen molar-refractivity contribution in [2.45, 2.75) is 58.1 Å². The number of rotatable bonds is 6. The molecule has 0 aliphatic carbocycles. The smallest absolute Gasteiger partial charge is 0.236 e. The van der Waals surface area contributed by atoms with Crippen molar-refractivity contribution in [3.05, 3.63) is 0 Å². The molecule has 0 radical (unpaired) electrons. The lowest BCUT2D eigenvalue weighted by Gasteiger charge is -2.37. The normalized spacial score (nSPS) is 21.0. The van der Waals surface area contributed by atoms with Crippen molar-refractivity contribution in [2.24, 2.45) is 4.99 Å². The molecule has 0 aromatic heterocycles. The number of aliphatic imine (C=N–C) groups is 1. The lowest BCUT2D eigenvalue weighted by atomic mass is 10.2. The number of nitrogens with one attached hydrogen (secondary N) is 1. The summed E-state index contributed by atoms with van der Waals surface area (Å²) in [5, 5.41) is 3.36. The van der Waals surface area contributed by atoms with Crippen LogP contribution in [0.2, 0.25) is 0 Å². The van der Waals surface area contributed by atoms with Gasteiger partial charge in [-0.25, -0.2) is 0 Å². The highest BCUT2D eigenvalue weighted by molar-refractivity contribution is 7.86. The maximum atomic E-state index is 12.6. The summed E-state index contributed by atoms with van der Waals surface area (Å²) >= 11 is 0. The zero-order valence-electron chi connectivity index (χ0n) is 18.9. The van der Waals surface area contributed by atoms with Crippen LogP contribution in [0.15, 0.2) is 4.99 Å². The van der Waals surface area contributed by atoms with Crippen LogP contribution in [0.25, 0.3) is 0 Å². The van der Waals surface area contributed by atoms with E-state index in [1.54, 1.807) is 0 Å². The molecule has 0 spiro atoms. The maximum Gasteiger partial charge on any atom is 0.236 e. The van der Waals surface area contributed by atoms with Gasteiger partial charge in [-0.05, 0) is 40.5 Å². The summed E-state index contributed by atoms with van der Waals surface area (Å²) < 4.78 is 12.0. The van der Waals surface area contributed by atoms with Gasteiger partial charge in [0.15, 0.2) is 5.96 Å². The summed E-state index contributed by atoms with van der Waals surface area (Å²) in [5.74, 6) is 1.77. The maximum absolute atomic E-state index is 12.6. The van der Waals surface area contributed by atoms with Crippen molar-refractivity contribution in [1.29, 1.82) is 0 Å². The third-order valence-electron chi connectivity index (χ3n) is 5.55. The Morgan fingerprint density at radius 2 is 1.59 bits per heavy atom. The SMILES string of the molecule is CCNC(=NCCS(=O)C(C)(C)C)N1CCN(CC(=O)N2CCCCCC2)CC1. The summed E-state index contributed by atoms with van der Waals surface area (Å²) in [4.78, 5) is 23.9. The largest absolute Gasteiger partial charge is 0.357 e. The third kappa shape index (κ3) is 8.24. The molecule has 2 aliphatic rings. The van der Waals surface area contributed by atoms with E-state index in [9.17, 15) is 9.00 Å². The van der Waals surface area contributed by atoms with Crippen molar-refractivity contribution >= 4 is 22.7 Å². The van der Waals surface area contributed by atoms with Crippen LogP contribution >= 0.6 is 0 Å². The molecule has 7 nitrogen and oxygen atoms in total. The summed E-state index contributed by atoms with van der Waals surface area (Å²) in [6, 6.07) is 0. The lowest BCUT2D eigenvalue weighted by molar-refractivity contribution is -0.132. The van der Waals surface area contributed by atoms with E-state index in [4.69, 9.17) is 4.99 Å². The molecule has 2 rings (SSSR count). The van der Waals surface area contributed by atoms with Gasteiger partial charge >= 0.3 is 0 Å². The highest BCUT2D eigenvalue weighted by Gasteiger charge is 2.24. The van der Waals surface area contributed by atoms with Gasteiger partial charge in [0.25, 0.3) is 0 Å². The quantitative estimate of drug-likeness (QED) is 0.514. The molecule has 8 heteroatoms. The molecular weight excluding hydrogens is 386 g/mol. The van der Waals surface area contributed by atoms with Crippen LogP contribution in [0.1, 0.15) is 53.4 Å². The van der Waals surface area contributed by atoms with Gasteiger partial charge in [-0.2, -0.15) is 0 Å². The van der Waals surface area contributed by atoms with Crippen molar-refractivity contribution in [1.82, 2.24) is 20.0 Å². The summed E-state index contributed by atoms with van der Waals surface area (Å²) in [7, 11) is -0.883. The van der Waals surface area contributed by atoms with Gasteiger partial charge < -0.3 is 15.1 Å². The first-order valence-corrected chi connectivity index (χ1v) is 12.5. The zero-order valence-corrected chi connectivity index (χ0v) is 19.7. The number of hydrogen-bond donors (Lipinski definition) is 1. The number of amides is 1. The summed E-state index contributed by atoms with van der Waals surface area (Å²) in [6.07, 6.45) is 4.78. The molecule has 0 bridgehead atoms. The molecule has 1 amide bonds. The Hall–Kier alpha value is -1.15. The van der Waals surface area contributed by atoms with E-state index in [2.05, 4.69) is 26.9 Å². The van der Waals surface area contributed by atoms with Crippen LogP contribution in [0.4, 0.5) is 0 Å². The minimum Gasteiger partial charge on any atom is -0.357 e. The van der Waals surface area contributed by atoms with Crippen LogP contribution in [0, 0.1) is 0 Å². The van der Waals surface area contributed by atoms with Gasteiger partial charge in [0.1, 0.15) is 0 Å². The fourth-order valence-corrected chi connectivity index (χ4v) is 4.57. The van der Waals surface area contributed by atoms with Crippen molar-refractivity contribution < 1.29 is 9.00 Å². The molecule has 0 aromatic carbocycles. The van der Waals surface area contributed by atoms with Gasteiger partial charge in [-0.15, -0.1) is 0 Å². The minimum absolute atomic E-state index is 0.195. The van der Waals surface area contributed by atoms with E-state index in [0.717, 1.165) is 64.6 Å². The first-order chi connectivity index (χ1) is 13.8. The number of guanidine groups is 1. The van der Waals surface area contributed by atoms with E-state index < -0.39 is 10.8 Å². The Morgan fingerprint density at radius 1 is 0.966 bits per heavy atom. The number of likely N-dealkylation sites (tertiary alicyclic amines) is 1. The fraction of sp³-hybridized carbons (Fsp3) is 0.905. The van der Waals surface area contributed by atoms with E-state index in [0.29, 0.717) is 18.8 Å². The van der Waals surface area contributed by atoms with Gasteiger partial charge in [-0.1, -0.05) is 12.8 Å². The summed E-state index contributed by atoms with van der Waals surface area (Å²) in [6.45, 7) is 15.3. The number of carbonyl (C=O) groups is 1. The molecular formula is C21H41N5O2S.